The zero-order chi connectivity index (χ0) is 34.3. The lowest BCUT2D eigenvalue weighted by Gasteiger charge is -2.36. The van der Waals surface area contributed by atoms with E-state index in [-0.39, 0.29) is 6.61 Å². The van der Waals surface area contributed by atoms with Gasteiger partial charge in [-0.25, -0.2) is 19.4 Å². The molecule has 5 aromatic carbocycles. The molecule has 0 amide bonds. The second-order valence-electron chi connectivity index (χ2n) is 11.7. The van der Waals surface area contributed by atoms with Crippen LogP contribution in [0.1, 0.15) is 45.4 Å². The van der Waals surface area contributed by atoms with E-state index < -0.39 is 11.5 Å². The van der Waals surface area contributed by atoms with Gasteiger partial charge in [0.25, 0.3) is 0 Å². The van der Waals surface area contributed by atoms with Gasteiger partial charge < -0.3 is 10.1 Å². The first-order valence-corrected chi connectivity index (χ1v) is 16.5. The molecule has 246 valence electrons. The lowest BCUT2D eigenvalue weighted by molar-refractivity contribution is 0.0526. The molecule has 0 fully saturated rings. The minimum Gasteiger partial charge on any atom is -0.462 e. The Hall–Kier alpha value is -6.48. The molecular formula is C41H35N7O2. The highest BCUT2D eigenvalue weighted by Gasteiger charge is 2.42. The van der Waals surface area contributed by atoms with Crippen molar-refractivity contribution in [2.24, 2.45) is 0 Å². The first kappa shape index (κ1) is 32.1. The summed E-state index contributed by atoms with van der Waals surface area (Å²) in [5, 5.41) is 17.0. The number of carbonyl (C=O) groups excluding carboxylic acids is 1. The van der Waals surface area contributed by atoms with Crippen molar-refractivity contribution >= 4 is 11.8 Å². The molecule has 0 aliphatic heterocycles. The van der Waals surface area contributed by atoms with Crippen LogP contribution in [0.3, 0.4) is 0 Å². The van der Waals surface area contributed by atoms with Crippen molar-refractivity contribution < 1.29 is 9.53 Å². The summed E-state index contributed by atoms with van der Waals surface area (Å²) in [6, 6.07) is 47.6. The van der Waals surface area contributed by atoms with Crippen LogP contribution >= 0.6 is 0 Å². The Bertz CT molecular complexity index is 2110. The topological polar surface area (TPSA) is 108 Å². The average molecular weight is 658 g/mol. The highest BCUT2D eigenvalue weighted by Crippen LogP contribution is 2.43. The first-order valence-electron chi connectivity index (χ1n) is 16.5. The van der Waals surface area contributed by atoms with E-state index in [0.717, 1.165) is 38.9 Å². The van der Waals surface area contributed by atoms with E-state index >= 15 is 0 Å². The van der Waals surface area contributed by atoms with Gasteiger partial charge in [-0.3, -0.25) is 0 Å². The van der Waals surface area contributed by atoms with E-state index in [1.165, 1.54) is 6.20 Å². The molecule has 9 heteroatoms. The third-order valence-electron chi connectivity index (χ3n) is 8.66. The minimum absolute atomic E-state index is 0.271. The number of hydrogen-bond donors (Lipinski definition) is 1. The van der Waals surface area contributed by atoms with Crippen molar-refractivity contribution in [2.45, 2.75) is 25.9 Å². The molecular weight excluding hydrogens is 622 g/mol. The largest absolute Gasteiger partial charge is 0.462 e. The van der Waals surface area contributed by atoms with Crippen LogP contribution in [0.2, 0.25) is 0 Å². The van der Waals surface area contributed by atoms with Gasteiger partial charge >= 0.3 is 5.97 Å². The van der Waals surface area contributed by atoms with E-state index in [2.05, 4.69) is 98.4 Å². The van der Waals surface area contributed by atoms with Crippen molar-refractivity contribution in [2.75, 3.05) is 11.9 Å². The van der Waals surface area contributed by atoms with E-state index in [9.17, 15) is 4.79 Å². The van der Waals surface area contributed by atoms with E-state index in [4.69, 9.17) is 9.95 Å². The number of rotatable bonds is 11. The molecule has 0 spiro atoms. The molecule has 0 saturated carbocycles. The van der Waals surface area contributed by atoms with Crippen LogP contribution in [0.15, 0.2) is 146 Å². The molecule has 1 N–H and O–H groups in total. The number of nitrogens with zero attached hydrogens (tertiary/aromatic N) is 6. The summed E-state index contributed by atoms with van der Waals surface area (Å²) < 4.78 is 7.15. The van der Waals surface area contributed by atoms with Crippen molar-refractivity contribution in [3.63, 3.8) is 0 Å². The van der Waals surface area contributed by atoms with E-state index in [0.29, 0.717) is 29.6 Å². The summed E-state index contributed by atoms with van der Waals surface area (Å²) in [7, 11) is 0. The Labute approximate surface area is 290 Å². The van der Waals surface area contributed by atoms with Gasteiger partial charge in [0.2, 0.25) is 0 Å². The second kappa shape index (κ2) is 14.3. The highest BCUT2D eigenvalue weighted by atomic mass is 16.5. The monoisotopic (exact) mass is 657 g/mol. The summed E-state index contributed by atoms with van der Waals surface area (Å²) in [4.78, 5) is 21.1. The number of aryl methyl sites for hydroxylation is 1. The van der Waals surface area contributed by atoms with Crippen LogP contribution in [0, 0.1) is 6.92 Å². The zero-order valence-electron chi connectivity index (χ0n) is 27.8. The standard InChI is InChI=1S/C41H35N7O2/c1-3-50-40(49)37-28-42-29(2)44-38(37)43-27-30-23-25-31(26-24-30)35-21-13-14-22-36(35)39-45-46-47-48(39)41(32-15-7-4-8-16-32,33-17-9-5-10-18-33)34-19-11-6-12-20-34/h4-26,28H,3,27H2,1-2H3,(H,42,43,44). The molecule has 7 aromatic rings. The second-order valence-corrected chi connectivity index (χ2v) is 11.7. The molecule has 0 atom stereocenters. The molecule has 2 heterocycles. The van der Waals surface area contributed by atoms with Gasteiger partial charge in [0.15, 0.2) is 5.82 Å². The summed E-state index contributed by atoms with van der Waals surface area (Å²) in [5.74, 6) is 1.18. The number of nitrogens with one attached hydrogen (secondary N) is 1. The van der Waals surface area contributed by atoms with Crippen molar-refractivity contribution in [3.05, 3.63) is 179 Å². The molecule has 0 radical (unpaired) electrons. The number of esters is 1. The lowest BCUT2D eigenvalue weighted by Crippen LogP contribution is -2.39. The number of anilines is 1. The minimum atomic E-state index is -0.868. The molecule has 9 nitrogen and oxygen atoms in total. The molecule has 2 aromatic heterocycles. The van der Waals surface area contributed by atoms with Crippen molar-refractivity contribution in [1.29, 1.82) is 0 Å². The van der Waals surface area contributed by atoms with Crippen LogP contribution in [0.5, 0.6) is 0 Å². The van der Waals surface area contributed by atoms with Crippen LogP contribution in [-0.2, 0) is 16.8 Å². The number of ether oxygens (including phenoxy) is 1. The summed E-state index contributed by atoms with van der Waals surface area (Å²) in [5.41, 5.74) is 6.44. The lowest BCUT2D eigenvalue weighted by atomic mass is 9.77. The van der Waals surface area contributed by atoms with Gasteiger partial charge in [0, 0.05) is 18.3 Å². The molecule has 0 bridgehead atoms. The Morgan fingerprint density at radius 3 is 1.88 bits per heavy atom. The number of carbonyl (C=O) groups is 1. The zero-order valence-corrected chi connectivity index (χ0v) is 27.8. The van der Waals surface area contributed by atoms with Gasteiger partial charge in [0.05, 0.1) is 6.61 Å². The van der Waals surface area contributed by atoms with E-state index in [1.54, 1.807) is 13.8 Å². The highest BCUT2D eigenvalue weighted by molar-refractivity contribution is 5.94. The maximum absolute atomic E-state index is 12.5. The molecule has 0 aliphatic carbocycles. The molecule has 0 saturated heterocycles. The quantitative estimate of drug-likeness (QED) is 0.111. The Morgan fingerprint density at radius 1 is 0.740 bits per heavy atom. The van der Waals surface area contributed by atoms with E-state index in [1.807, 2.05) is 71.4 Å². The molecule has 0 unspecified atom stereocenters. The number of aromatic nitrogens is 6. The third-order valence-corrected chi connectivity index (χ3v) is 8.66. The van der Waals surface area contributed by atoms with Crippen LogP contribution < -0.4 is 5.32 Å². The van der Waals surface area contributed by atoms with Gasteiger partial charge in [0.1, 0.15) is 22.7 Å². The Kier molecular flexibility index (Phi) is 9.20. The Balaban J connectivity index is 1.28. The number of benzene rings is 5. The number of tetrazole rings is 1. The fourth-order valence-electron chi connectivity index (χ4n) is 6.37. The van der Waals surface area contributed by atoms with Gasteiger partial charge in [-0.15, -0.1) is 5.10 Å². The summed E-state index contributed by atoms with van der Waals surface area (Å²) >= 11 is 0. The van der Waals surface area contributed by atoms with Crippen LogP contribution in [0.25, 0.3) is 22.5 Å². The Morgan fingerprint density at radius 2 is 1.30 bits per heavy atom. The fourth-order valence-corrected chi connectivity index (χ4v) is 6.37. The predicted octanol–water partition coefficient (Wildman–Crippen LogP) is 7.73. The summed E-state index contributed by atoms with van der Waals surface area (Å²) in [6.45, 7) is 4.28. The maximum atomic E-state index is 12.5. The molecule has 50 heavy (non-hydrogen) atoms. The van der Waals surface area contributed by atoms with Gasteiger partial charge in [-0.2, -0.15) is 0 Å². The number of hydrogen-bond acceptors (Lipinski definition) is 8. The van der Waals surface area contributed by atoms with Crippen LogP contribution in [-0.4, -0.2) is 42.8 Å². The third kappa shape index (κ3) is 6.12. The fraction of sp³-hybridized carbons (Fsp3) is 0.122. The normalized spacial score (nSPS) is 11.2. The van der Waals surface area contributed by atoms with Crippen molar-refractivity contribution in [3.8, 4) is 22.5 Å². The smallest absolute Gasteiger partial charge is 0.343 e. The molecule has 7 rings (SSSR count). The average Bonchev–Trinajstić information content (AvgIpc) is 3.66. The SMILES string of the molecule is CCOC(=O)c1cnc(C)nc1NCc1ccc(-c2ccccc2-c2nnnn2C(c2ccccc2)(c2ccccc2)c2ccccc2)cc1. The predicted molar refractivity (Wildman–Crippen MR) is 193 cm³/mol. The van der Waals surface area contributed by atoms with Gasteiger partial charge in [-0.1, -0.05) is 140 Å². The van der Waals surface area contributed by atoms with Gasteiger partial charge in [-0.05, 0) is 57.7 Å². The summed E-state index contributed by atoms with van der Waals surface area (Å²) in [6.07, 6.45) is 1.50. The van der Waals surface area contributed by atoms with Crippen molar-refractivity contribution in [1.82, 2.24) is 30.2 Å². The maximum Gasteiger partial charge on any atom is 0.343 e. The first-order chi connectivity index (χ1) is 24.6. The molecule has 0 aliphatic rings. The van der Waals surface area contributed by atoms with Crippen LogP contribution in [0.4, 0.5) is 5.82 Å².